The van der Waals surface area contributed by atoms with E-state index in [2.05, 4.69) is 10.3 Å². The second-order valence-corrected chi connectivity index (χ2v) is 8.63. The first-order chi connectivity index (χ1) is 17.7. The average Bonchev–Trinajstić information content (AvgIpc) is 3.28. The monoisotopic (exact) mass is 506 g/mol. The van der Waals surface area contributed by atoms with Crippen LogP contribution in [0.1, 0.15) is 28.4 Å². The third-order valence-electron chi connectivity index (χ3n) is 6.27. The lowest BCUT2D eigenvalue weighted by Crippen LogP contribution is -2.48. The van der Waals surface area contributed by atoms with Crippen LogP contribution in [0.5, 0.6) is 0 Å². The Hall–Kier alpha value is -4.51. The van der Waals surface area contributed by atoms with Crippen molar-refractivity contribution in [2.45, 2.75) is 32.5 Å². The van der Waals surface area contributed by atoms with Gasteiger partial charge in [0.15, 0.2) is 5.78 Å². The molecule has 2 aromatic heterocycles. The number of hydrogen-bond donors (Lipinski definition) is 4. The molecule has 0 saturated carbocycles. The van der Waals surface area contributed by atoms with E-state index in [9.17, 15) is 23.6 Å². The van der Waals surface area contributed by atoms with E-state index in [0.717, 1.165) is 25.6 Å². The van der Waals surface area contributed by atoms with Crippen LogP contribution in [-0.2, 0) is 24.3 Å². The Morgan fingerprint density at radius 3 is 2.46 bits per heavy atom. The summed E-state index contributed by atoms with van der Waals surface area (Å²) in [4.78, 5) is 54.3. The van der Waals surface area contributed by atoms with Crippen molar-refractivity contribution in [3.63, 3.8) is 0 Å². The number of carbonyl (C=O) groups excluding carboxylic acids is 2. The van der Waals surface area contributed by atoms with Gasteiger partial charge in [-0.05, 0) is 42.7 Å². The number of aromatic nitrogens is 3. The number of Topliss-reactive ketones (excluding diaryl/α,β-unsaturated/α-hetero) is 1. The van der Waals surface area contributed by atoms with Gasteiger partial charge in [0.05, 0.1) is 19.1 Å². The minimum atomic E-state index is -0.900. The molecule has 0 saturated heterocycles. The van der Waals surface area contributed by atoms with Crippen molar-refractivity contribution in [3.8, 4) is 0 Å². The number of nitrogens with zero attached hydrogens (tertiary/aromatic N) is 2. The normalized spacial score (nSPS) is 12.1. The molecule has 1 unspecified atom stereocenters. The highest BCUT2D eigenvalue weighted by Crippen LogP contribution is 2.19. The molecule has 0 aliphatic carbocycles. The maximum absolute atomic E-state index is 13.3. The minimum absolute atomic E-state index is 0.0134. The number of rotatable bonds is 10. The van der Waals surface area contributed by atoms with Crippen LogP contribution in [0.25, 0.3) is 10.9 Å². The van der Waals surface area contributed by atoms with Crippen molar-refractivity contribution in [2.24, 2.45) is 5.73 Å². The molecule has 0 radical (unpaired) electrons. The van der Waals surface area contributed by atoms with Gasteiger partial charge in [0.2, 0.25) is 5.91 Å². The lowest BCUT2D eigenvalue weighted by Gasteiger charge is -2.18. The molecular weight excluding hydrogens is 479 g/mol. The molecule has 0 aliphatic heterocycles. The van der Waals surface area contributed by atoms with Gasteiger partial charge in [0.25, 0.3) is 5.56 Å². The number of ketones is 1. The third kappa shape index (κ3) is 5.21. The van der Waals surface area contributed by atoms with Crippen molar-refractivity contribution < 1.29 is 14.0 Å². The Morgan fingerprint density at radius 2 is 1.78 bits per heavy atom. The van der Waals surface area contributed by atoms with Crippen LogP contribution in [-0.4, -0.2) is 38.4 Å². The average molecular weight is 507 g/mol. The van der Waals surface area contributed by atoms with E-state index in [1.54, 1.807) is 13.1 Å². The first-order valence-corrected chi connectivity index (χ1v) is 11.7. The predicted molar refractivity (Wildman–Crippen MR) is 138 cm³/mol. The minimum Gasteiger partial charge on any atom is -0.384 e. The molecule has 11 heteroatoms. The number of hydrogen-bond acceptors (Lipinski definition) is 6. The van der Waals surface area contributed by atoms with Crippen molar-refractivity contribution in [1.29, 1.82) is 0 Å². The first kappa shape index (κ1) is 25.6. The van der Waals surface area contributed by atoms with E-state index in [1.165, 1.54) is 24.3 Å². The van der Waals surface area contributed by atoms with E-state index < -0.39 is 41.3 Å². The SMILES string of the molecule is CCn1c(=O)c(C(=O)CNC(Cc2c[nH]c3ccccc23)C(N)=O)c(N)n(Cc2ccc(F)cc2)c1=O. The summed E-state index contributed by atoms with van der Waals surface area (Å²) in [5.41, 5.74) is 12.1. The summed E-state index contributed by atoms with van der Waals surface area (Å²) in [6.07, 6.45) is 1.98. The lowest BCUT2D eigenvalue weighted by molar-refractivity contribution is -0.119. The van der Waals surface area contributed by atoms with E-state index in [1.807, 2.05) is 24.3 Å². The van der Waals surface area contributed by atoms with Crippen LogP contribution < -0.4 is 28.0 Å². The quantitative estimate of drug-likeness (QED) is 0.236. The van der Waals surface area contributed by atoms with Crippen molar-refractivity contribution >= 4 is 28.4 Å². The van der Waals surface area contributed by atoms with E-state index in [0.29, 0.717) is 5.56 Å². The maximum Gasteiger partial charge on any atom is 0.332 e. The van der Waals surface area contributed by atoms with Gasteiger partial charge in [0, 0.05) is 23.6 Å². The Morgan fingerprint density at radius 1 is 1.08 bits per heavy atom. The zero-order chi connectivity index (χ0) is 26.7. The number of anilines is 1. The fourth-order valence-corrected chi connectivity index (χ4v) is 4.28. The van der Waals surface area contributed by atoms with Gasteiger partial charge in [-0.1, -0.05) is 30.3 Å². The molecule has 0 bridgehead atoms. The molecule has 10 nitrogen and oxygen atoms in total. The molecule has 2 heterocycles. The number of fused-ring (bicyclic) bond motifs is 1. The number of para-hydroxylation sites is 1. The number of carbonyl (C=O) groups is 2. The second-order valence-electron chi connectivity index (χ2n) is 8.63. The fraction of sp³-hybridized carbons (Fsp3) is 0.231. The van der Waals surface area contributed by atoms with Gasteiger partial charge in [0.1, 0.15) is 17.2 Å². The van der Waals surface area contributed by atoms with Gasteiger partial charge in [-0.3, -0.25) is 28.8 Å². The highest BCUT2D eigenvalue weighted by atomic mass is 19.1. The number of amides is 1. The molecule has 2 aromatic carbocycles. The Labute approximate surface area is 210 Å². The molecule has 6 N–H and O–H groups in total. The van der Waals surface area contributed by atoms with Crippen LogP contribution in [0.15, 0.2) is 64.3 Å². The van der Waals surface area contributed by atoms with Gasteiger partial charge in [-0.2, -0.15) is 0 Å². The standard InChI is InChI=1S/C26H27FN6O4/c1-2-32-25(36)22(23(28)33(26(32)37)14-15-7-9-17(27)10-8-15)21(34)13-31-20(24(29)35)11-16-12-30-19-6-4-3-5-18(16)19/h3-10,12,20,30-31H,2,11,13-14,28H2,1H3,(H2,29,35). The van der Waals surface area contributed by atoms with Crippen LogP contribution in [0, 0.1) is 5.82 Å². The summed E-state index contributed by atoms with van der Waals surface area (Å²) in [5, 5.41) is 3.75. The number of nitrogen functional groups attached to an aromatic ring is 1. The Balaban J connectivity index is 1.61. The highest BCUT2D eigenvalue weighted by Gasteiger charge is 2.25. The number of nitrogens with two attached hydrogens (primary N) is 2. The Kier molecular flexibility index (Phi) is 7.35. The molecule has 1 atom stereocenters. The maximum atomic E-state index is 13.3. The van der Waals surface area contributed by atoms with Crippen LogP contribution in [0.2, 0.25) is 0 Å². The van der Waals surface area contributed by atoms with Crippen molar-refractivity contribution in [1.82, 2.24) is 19.4 Å². The summed E-state index contributed by atoms with van der Waals surface area (Å²) < 4.78 is 15.3. The number of H-pyrrole nitrogens is 1. The van der Waals surface area contributed by atoms with Crippen LogP contribution in [0.3, 0.4) is 0 Å². The second kappa shape index (κ2) is 10.6. The molecule has 4 aromatic rings. The van der Waals surface area contributed by atoms with E-state index in [4.69, 9.17) is 11.5 Å². The largest absolute Gasteiger partial charge is 0.384 e. The molecular formula is C26H27FN6O4. The molecule has 0 fully saturated rings. The van der Waals surface area contributed by atoms with Gasteiger partial charge in [-0.15, -0.1) is 0 Å². The summed E-state index contributed by atoms with van der Waals surface area (Å²) in [6.45, 7) is 1.13. The van der Waals surface area contributed by atoms with Gasteiger partial charge in [-0.25, -0.2) is 9.18 Å². The smallest absolute Gasteiger partial charge is 0.332 e. The molecule has 37 heavy (non-hydrogen) atoms. The number of halogens is 1. The van der Waals surface area contributed by atoms with Crippen molar-refractivity contribution in [3.05, 3.63) is 98.1 Å². The summed E-state index contributed by atoms with van der Waals surface area (Å²) in [6, 6.07) is 12.1. The molecule has 1 amide bonds. The summed E-state index contributed by atoms with van der Waals surface area (Å²) in [7, 11) is 0. The topological polar surface area (TPSA) is 158 Å². The molecule has 4 rings (SSSR count). The molecule has 192 valence electrons. The molecule has 0 aliphatic rings. The third-order valence-corrected chi connectivity index (χ3v) is 6.27. The van der Waals surface area contributed by atoms with E-state index >= 15 is 0 Å². The number of benzene rings is 2. The van der Waals surface area contributed by atoms with Crippen LogP contribution in [0.4, 0.5) is 10.2 Å². The van der Waals surface area contributed by atoms with Gasteiger partial charge >= 0.3 is 5.69 Å². The number of aromatic amines is 1. The van der Waals surface area contributed by atoms with Crippen LogP contribution >= 0.6 is 0 Å². The van der Waals surface area contributed by atoms with Gasteiger partial charge < -0.3 is 16.5 Å². The fourth-order valence-electron chi connectivity index (χ4n) is 4.28. The Bertz CT molecular complexity index is 1590. The predicted octanol–water partition coefficient (Wildman–Crippen LogP) is 1.15. The summed E-state index contributed by atoms with van der Waals surface area (Å²) >= 11 is 0. The lowest BCUT2D eigenvalue weighted by atomic mass is 10.0. The van der Waals surface area contributed by atoms with Crippen molar-refractivity contribution in [2.75, 3.05) is 12.3 Å². The number of nitrogens with one attached hydrogen (secondary N) is 2. The first-order valence-electron chi connectivity index (χ1n) is 11.7. The number of primary amides is 1. The zero-order valence-corrected chi connectivity index (χ0v) is 20.2. The highest BCUT2D eigenvalue weighted by molar-refractivity contribution is 6.01. The summed E-state index contributed by atoms with van der Waals surface area (Å²) in [5.74, 6) is -2.11. The van der Waals surface area contributed by atoms with E-state index in [-0.39, 0.29) is 30.9 Å². The zero-order valence-electron chi connectivity index (χ0n) is 20.2. The molecule has 0 spiro atoms.